The van der Waals surface area contributed by atoms with Gasteiger partial charge in [0.1, 0.15) is 5.75 Å². The van der Waals surface area contributed by atoms with Crippen molar-refractivity contribution in [2.24, 2.45) is 5.10 Å². The molecule has 2 aromatic heterocycles. The van der Waals surface area contributed by atoms with E-state index in [1.807, 2.05) is 48.5 Å². The Labute approximate surface area is 191 Å². The molecule has 9 heteroatoms. The minimum Gasteiger partial charge on any atom is -0.497 e. The second-order valence-corrected chi connectivity index (χ2v) is 10.2. The lowest BCUT2D eigenvalue weighted by atomic mass is 10.2. The minimum atomic E-state index is -0.236. The van der Waals surface area contributed by atoms with Gasteiger partial charge in [0.2, 0.25) is 5.13 Å². The maximum atomic E-state index is 13.2. The molecule has 146 valence electrons. The predicted octanol–water partition coefficient (Wildman–Crippen LogP) is 6.57. The summed E-state index contributed by atoms with van der Waals surface area (Å²) in [6.45, 7) is 0. The number of fused-ring (bicyclic) bond motifs is 1. The highest BCUT2D eigenvalue weighted by atomic mass is 79.9. The zero-order valence-electron chi connectivity index (χ0n) is 15.0. The fourth-order valence-electron chi connectivity index (χ4n) is 2.51. The van der Waals surface area contributed by atoms with Crippen molar-refractivity contribution >= 4 is 82.0 Å². The molecule has 0 aliphatic rings. The third kappa shape index (κ3) is 4.58. The van der Waals surface area contributed by atoms with E-state index in [9.17, 15) is 4.79 Å². The molecule has 0 bridgehead atoms. The number of amides is 1. The Morgan fingerprint density at radius 2 is 1.90 bits per heavy atom. The Bertz CT molecular complexity index is 1200. The van der Waals surface area contributed by atoms with Crippen LogP contribution in [0.4, 0.5) is 5.13 Å². The smallest absolute Gasteiger partial charge is 0.290 e. The lowest BCUT2D eigenvalue weighted by Crippen LogP contribution is -2.24. The number of halogens is 2. The van der Waals surface area contributed by atoms with Crippen molar-refractivity contribution in [3.05, 3.63) is 73.3 Å². The van der Waals surface area contributed by atoms with Gasteiger partial charge < -0.3 is 4.74 Å². The molecule has 2 aromatic carbocycles. The van der Waals surface area contributed by atoms with Gasteiger partial charge >= 0.3 is 0 Å². The highest BCUT2D eigenvalue weighted by molar-refractivity contribution is 9.11. The molecule has 5 nitrogen and oxygen atoms in total. The third-order valence-electron chi connectivity index (χ3n) is 3.93. The number of hydrazone groups is 1. The molecule has 29 heavy (non-hydrogen) atoms. The molecule has 0 spiro atoms. The standard InChI is InChI=1S/C20H13Br2N3O2S2/c1-27-14-6-7-15-17(10-14)29-20(24-15)25(19(26)16-8-9-18(22)28-16)23-11-12-2-4-13(21)5-3-12/h2-11H,1H3/b23-11+. The van der Waals surface area contributed by atoms with Gasteiger partial charge in [0.25, 0.3) is 5.91 Å². The molecule has 0 N–H and O–H groups in total. The number of anilines is 1. The Kier molecular flexibility index (Phi) is 6.09. The summed E-state index contributed by atoms with van der Waals surface area (Å²) in [4.78, 5) is 18.3. The molecule has 0 atom stereocenters. The van der Waals surface area contributed by atoms with Crippen LogP contribution in [0.3, 0.4) is 0 Å². The summed E-state index contributed by atoms with van der Waals surface area (Å²) >= 11 is 9.57. The molecule has 0 saturated carbocycles. The molecule has 0 fully saturated rings. The number of aromatic nitrogens is 1. The number of hydrogen-bond donors (Lipinski definition) is 0. The molecule has 1 amide bonds. The minimum absolute atomic E-state index is 0.236. The first kappa shape index (κ1) is 20.2. The lowest BCUT2D eigenvalue weighted by molar-refractivity contribution is 0.0991. The van der Waals surface area contributed by atoms with E-state index >= 15 is 0 Å². The maximum absolute atomic E-state index is 13.2. The number of methoxy groups -OCH3 is 1. The van der Waals surface area contributed by atoms with Crippen molar-refractivity contribution in [3.8, 4) is 5.75 Å². The second kappa shape index (κ2) is 8.74. The second-order valence-electron chi connectivity index (χ2n) is 5.85. The number of nitrogens with zero attached hydrogens (tertiary/aromatic N) is 3. The van der Waals surface area contributed by atoms with Crippen molar-refractivity contribution in [3.63, 3.8) is 0 Å². The zero-order chi connectivity index (χ0) is 20.4. The maximum Gasteiger partial charge on any atom is 0.290 e. The van der Waals surface area contributed by atoms with Gasteiger partial charge in [-0.1, -0.05) is 39.4 Å². The summed E-state index contributed by atoms with van der Waals surface area (Å²) in [7, 11) is 1.62. The van der Waals surface area contributed by atoms with E-state index in [2.05, 4.69) is 41.9 Å². The van der Waals surface area contributed by atoms with Crippen LogP contribution in [0.25, 0.3) is 10.2 Å². The molecule has 4 rings (SSSR count). The van der Waals surface area contributed by atoms with E-state index in [0.29, 0.717) is 10.0 Å². The van der Waals surface area contributed by atoms with Crippen LogP contribution in [0.2, 0.25) is 0 Å². The quantitative estimate of drug-likeness (QED) is 0.208. The predicted molar refractivity (Wildman–Crippen MR) is 127 cm³/mol. The number of carbonyl (C=O) groups is 1. The van der Waals surface area contributed by atoms with Crippen LogP contribution in [0.1, 0.15) is 15.2 Å². The zero-order valence-corrected chi connectivity index (χ0v) is 19.8. The van der Waals surface area contributed by atoms with Crippen LogP contribution in [0.15, 0.2) is 68.0 Å². The number of ether oxygens (including phenoxy) is 1. The van der Waals surface area contributed by atoms with Crippen LogP contribution in [-0.2, 0) is 0 Å². The summed E-state index contributed by atoms with van der Waals surface area (Å²) in [5.74, 6) is 0.506. The van der Waals surface area contributed by atoms with Crippen molar-refractivity contribution in [2.75, 3.05) is 12.1 Å². The van der Waals surface area contributed by atoms with Gasteiger partial charge in [0.15, 0.2) is 0 Å². The summed E-state index contributed by atoms with van der Waals surface area (Å²) in [6, 6.07) is 16.9. The van der Waals surface area contributed by atoms with Crippen LogP contribution in [0, 0.1) is 0 Å². The van der Waals surface area contributed by atoms with Crippen LogP contribution in [-0.4, -0.2) is 24.2 Å². The van der Waals surface area contributed by atoms with Crippen LogP contribution >= 0.6 is 54.5 Å². The molecular weight excluding hydrogens is 538 g/mol. The van der Waals surface area contributed by atoms with E-state index in [-0.39, 0.29) is 5.91 Å². The van der Waals surface area contributed by atoms with Gasteiger partial charge in [0, 0.05) is 4.47 Å². The highest BCUT2D eigenvalue weighted by Gasteiger charge is 2.22. The van der Waals surface area contributed by atoms with Gasteiger partial charge in [-0.25, -0.2) is 4.98 Å². The van der Waals surface area contributed by atoms with Crippen molar-refractivity contribution in [1.29, 1.82) is 0 Å². The van der Waals surface area contributed by atoms with Gasteiger partial charge in [-0.2, -0.15) is 10.1 Å². The van der Waals surface area contributed by atoms with E-state index in [1.165, 1.54) is 27.7 Å². The monoisotopic (exact) mass is 549 g/mol. The summed E-state index contributed by atoms with van der Waals surface area (Å²) < 4.78 is 8.07. The number of carbonyl (C=O) groups excluding carboxylic acids is 1. The number of hydrogen-bond acceptors (Lipinski definition) is 6. The number of thiophene rings is 1. The van der Waals surface area contributed by atoms with Crippen LogP contribution in [0.5, 0.6) is 5.75 Å². The van der Waals surface area contributed by atoms with Crippen molar-refractivity contribution < 1.29 is 9.53 Å². The van der Waals surface area contributed by atoms with Gasteiger partial charge in [-0.3, -0.25) is 4.79 Å². The van der Waals surface area contributed by atoms with Crippen molar-refractivity contribution in [2.45, 2.75) is 0 Å². The lowest BCUT2D eigenvalue weighted by Gasteiger charge is -2.12. The van der Waals surface area contributed by atoms with E-state index in [1.54, 1.807) is 19.4 Å². The average Bonchev–Trinajstić information content (AvgIpc) is 3.34. The molecule has 0 radical (unpaired) electrons. The van der Waals surface area contributed by atoms with Gasteiger partial charge in [-0.15, -0.1) is 11.3 Å². The first-order valence-corrected chi connectivity index (χ1v) is 11.6. The van der Waals surface area contributed by atoms with Gasteiger partial charge in [0.05, 0.1) is 32.2 Å². The number of thiazole rings is 1. The molecule has 2 heterocycles. The molecule has 0 aliphatic heterocycles. The first-order valence-electron chi connectivity index (χ1n) is 8.37. The molecule has 0 aliphatic carbocycles. The summed E-state index contributed by atoms with van der Waals surface area (Å²) in [6.07, 6.45) is 1.65. The molecule has 0 saturated heterocycles. The average molecular weight is 551 g/mol. The Balaban J connectivity index is 1.74. The largest absolute Gasteiger partial charge is 0.497 e. The van der Waals surface area contributed by atoms with E-state index < -0.39 is 0 Å². The van der Waals surface area contributed by atoms with Crippen LogP contribution < -0.4 is 9.75 Å². The highest BCUT2D eigenvalue weighted by Crippen LogP contribution is 2.33. The van der Waals surface area contributed by atoms with E-state index in [0.717, 1.165) is 29.8 Å². The van der Waals surface area contributed by atoms with Gasteiger partial charge in [-0.05, 0) is 64.0 Å². The van der Waals surface area contributed by atoms with Crippen molar-refractivity contribution in [1.82, 2.24) is 4.98 Å². The SMILES string of the molecule is COc1ccc2nc(N(/N=C/c3ccc(Br)cc3)C(=O)c3ccc(Br)s3)sc2c1. The summed E-state index contributed by atoms with van der Waals surface area (Å²) in [5, 5.41) is 6.31. The fraction of sp³-hybridized carbons (Fsp3) is 0.0500. The summed E-state index contributed by atoms with van der Waals surface area (Å²) in [5.41, 5.74) is 1.66. The normalized spacial score (nSPS) is 11.3. The Morgan fingerprint density at radius 1 is 1.10 bits per heavy atom. The first-order chi connectivity index (χ1) is 14.0. The topological polar surface area (TPSA) is 54.8 Å². The fourth-order valence-corrected chi connectivity index (χ4v) is 5.03. The molecule has 4 aromatic rings. The Hall–Kier alpha value is -2.07. The van der Waals surface area contributed by atoms with E-state index in [4.69, 9.17) is 4.74 Å². The number of benzene rings is 2. The molecule has 0 unspecified atom stereocenters. The third-order valence-corrected chi connectivity index (χ3v) is 7.07. The Morgan fingerprint density at radius 3 is 2.59 bits per heavy atom. The number of rotatable bonds is 5. The molecular formula is C20H13Br2N3O2S2.